The summed E-state index contributed by atoms with van der Waals surface area (Å²) in [5.41, 5.74) is 0. The van der Waals surface area contributed by atoms with Crippen molar-refractivity contribution in [3.63, 3.8) is 0 Å². The average Bonchev–Trinajstić information content (AvgIpc) is 2.76. The predicted octanol–water partition coefficient (Wildman–Crippen LogP) is -1.11. The maximum absolute atomic E-state index is 9.76. The van der Waals surface area contributed by atoms with E-state index in [0.29, 0.717) is 12.1 Å². The molecule has 0 unspecified atom stereocenters. The summed E-state index contributed by atoms with van der Waals surface area (Å²) in [7, 11) is -3.67. The molecule has 23 heavy (non-hydrogen) atoms. The van der Waals surface area contributed by atoms with Crippen molar-refractivity contribution in [1.82, 2.24) is 20.6 Å². The van der Waals surface area contributed by atoms with Crippen molar-refractivity contribution in [2.45, 2.75) is 20.8 Å². The lowest BCUT2D eigenvalue weighted by Crippen LogP contribution is -2.19. The summed E-state index contributed by atoms with van der Waals surface area (Å²) in [4.78, 5) is 28.5. The Balaban J connectivity index is -0.000000240. The first-order valence-electron chi connectivity index (χ1n) is 5.46. The molecule has 13 nitrogen and oxygen atoms in total. The highest BCUT2D eigenvalue weighted by atomic mass is 32.2. The molecule has 0 saturated carbocycles. The van der Waals surface area contributed by atoms with E-state index < -0.39 is 33.9 Å². The van der Waals surface area contributed by atoms with Gasteiger partial charge in [-0.05, 0) is 13.8 Å². The molecule has 0 atom stereocenters. The molecule has 0 aliphatic heterocycles. The lowest BCUT2D eigenvalue weighted by molar-refractivity contribution is -0.153. The Bertz CT molecular complexity index is 544. The number of aryl methyl sites for hydroxylation is 1. The highest BCUT2D eigenvalue weighted by molar-refractivity contribution is 7.85. The molecule has 0 spiro atoms. The van der Waals surface area contributed by atoms with E-state index in [1.807, 2.05) is 0 Å². The number of rotatable bonds is 2. The van der Waals surface area contributed by atoms with Crippen molar-refractivity contribution in [2.75, 3.05) is 6.26 Å². The molecule has 14 heteroatoms. The number of carboxylic acids is 3. The molecule has 0 amide bonds. The number of H-pyrrole nitrogens is 1. The summed E-state index contributed by atoms with van der Waals surface area (Å²) in [6.45, 7) is 3.97. The average molecular weight is 358 g/mol. The van der Waals surface area contributed by atoms with Crippen LogP contribution in [-0.4, -0.2) is 73.1 Å². The third kappa shape index (κ3) is 38.2. The summed E-state index contributed by atoms with van der Waals surface area (Å²) in [5.74, 6) is -4.07. The Kier molecular flexibility index (Phi) is 14.4. The summed E-state index contributed by atoms with van der Waals surface area (Å²) in [6, 6.07) is 0. The van der Waals surface area contributed by atoms with Gasteiger partial charge in [0.15, 0.2) is 11.7 Å². The molecular formula is C9H18N4O9S. The van der Waals surface area contributed by atoms with Gasteiger partial charge in [-0.25, -0.2) is 0 Å². The van der Waals surface area contributed by atoms with E-state index in [2.05, 4.69) is 20.6 Å². The normalized spacial score (nSPS) is 9.13. The van der Waals surface area contributed by atoms with Crippen LogP contribution in [0.25, 0.3) is 0 Å². The second-order valence-electron chi connectivity index (χ2n) is 3.61. The molecule has 134 valence electrons. The fourth-order valence-electron chi connectivity index (χ4n) is 0.317. The molecule has 1 heterocycles. The fraction of sp³-hybridized carbons (Fsp3) is 0.556. The highest BCUT2D eigenvalue weighted by Crippen LogP contribution is 1.91. The lowest BCUT2D eigenvalue weighted by atomic mass is 10.2. The van der Waals surface area contributed by atoms with Crippen molar-refractivity contribution >= 4 is 28.0 Å². The Morgan fingerprint density at radius 1 is 1.13 bits per heavy atom. The molecular weight excluding hydrogens is 340 g/mol. The second kappa shape index (κ2) is 13.1. The first kappa shape index (κ1) is 25.3. The van der Waals surface area contributed by atoms with E-state index in [1.165, 1.54) is 0 Å². The Labute approximate surface area is 131 Å². The topological polar surface area (TPSA) is 221 Å². The van der Waals surface area contributed by atoms with Gasteiger partial charge in [0.05, 0.1) is 6.26 Å². The maximum atomic E-state index is 9.76. The molecule has 0 aromatic carbocycles. The van der Waals surface area contributed by atoms with Crippen LogP contribution in [0.5, 0.6) is 0 Å². The molecule has 0 fully saturated rings. The van der Waals surface area contributed by atoms with Gasteiger partial charge in [0, 0.05) is 6.92 Å². The molecule has 0 aliphatic carbocycles. The van der Waals surface area contributed by atoms with Gasteiger partial charge in [0.2, 0.25) is 0 Å². The minimum atomic E-state index is -3.67. The summed E-state index contributed by atoms with van der Waals surface area (Å²) < 4.78 is 25.9. The number of tetrazole rings is 1. The number of nitrogens with one attached hydrogen (secondary N) is 1. The van der Waals surface area contributed by atoms with Crippen LogP contribution < -0.4 is 0 Å². The first-order chi connectivity index (χ1) is 10.2. The monoisotopic (exact) mass is 358 g/mol. The van der Waals surface area contributed by atoms with E-state index in [4.69, 9.17) is 24.7 Å². The van der Waals surface area contributed by atoms with Crippen molar-refractivity contribution in [3.05, 3.63) is 5.82 Å². The first-order valence-corrected chi connectivity index (χ1v) is 7.30. The van der Waals surface area contributed by atoms with Gasteiger partial charge in [0.25, 0.3) is 16.1 Å². The van der Waals surface area contributed by atoms with E-state index in [1.54, 1.807) is 6.92 Å². The molecule has 1 rings (SSSR count). The highest BCUT2D eigenvalue weighted by Gasteiger charge is 2.18. The number of aromatic amines is 1. The Morgan fingerprint density at radius 2 is 1.43 bits per heavy atom. The second-order valence-corrected chi connectivity index (χ2v) is 5.08. The number of carbonyl (C=O) groups is 3. The quantitative estimate of drug-likeness (QED) is 0.314. The van der Waals surface area contributed by atoms with Crippen molar-refractivity contribution in [3.8, 4) is 0 Å². The molecule has 5 N–H and O–H groups in total. The largest absolute Gasteiger partial charge is 0.481 e. The molecule has 0 bridgehead atoms. The van der Waals surface area contributed by atoms with E-state index in [-0.39, 0.29) is 0 Å². The van der Waals surface area contributed by atoms with Gasteiger partial charge in [-0.1, -0.05) is 5.21 Å². The van der Waals surface area contributed by atoms with Crippen molar-refractivity contribution < 1.29 is 42.7 Å². The minimum absolute atomic E-state index is 0.676. The number of hydrogen-bond donors (Lipinski definition) is 5. The number of nitrogens with zero attached hydrogens (tertiary/aromatic N) is 3. The van der Waals surface area contributed by atoms with Gasteiger partial charge in [0.1, 0.15) is 0 Å². The van der Waals surface area contributed by atoms with Crippen LogP contribution in [0.1, 0.15) is 19.7 Å². The number of carboxylic acid groups (broad SMARTS) is 3. The smallest absolute Gasteiger partial charge is 0.317 e. The molecule has 0 radical (unpaired) electrons. The maximum Gasteiger partial charge on any atom is 0.317 e. The SMILES string of the molecule is CC(=O)O.CC(C(=O)O)C(=O)O.CS(=O)(=O)O.Cc1nn[nH]n1. The minimum Gasteiger partial charge on any atom is -0.481 e. The molecule has 0 saturated heterocycles. The predicted molar refractivity (Wildman–Crippen MR) is 74.1 cm³/mol. The van der Waals surface area contributed by atoms with E-state index in [0.717, 1.165) is 13.8 Å². The van der Waals surface area contributed by atoms with Crippen LogP contribution in [0, 0.1) is 12.8 Å². The van der Waals surface area contributed by atoms with E-state index in [9.17, 15) is 18.0 Å². The zero-order chi connectivity index (χ0) is 19.2. The van der Waals surface area contributed by atoms with Gasteiger partial charge in [-0.15, -0.1) is 10.2 Å². The van der Waals surface area contributed by atoms with E-state index >= 15 is 0 Å². The number of aromatic nitrogens is 4. The Hall–Kier alpha value is -2.61. The fourth-order valence-corrected chi connectivity index (χ4v) is 0.317. The third-order valence-electron chi connectivity index (χ3n) is 1.19. The standard InChI is InChI=1S/C4H6O4.C2H4N4.C2H4O2.CH4O3S/c1-2(3(5)6)4(7)8;1-2-3-5-6-4-2;1-2(3)4;1-5(2,3)4/h2H,1H3,(H,5,6)(H,7,8);1H3,(H,3,4,5,6);1H3,(H,3,4);1H3,(H,2,3,4). The molecule has 1 aromatic heterocycles. The Morgan fingerprint density at radius 3 is 1.48 bits per heavy atom. The number of hydrogen-bond acceptors (Lipinski definition) is 8. The van der Waals surface area contributed by atoms with Crippen molar-refractivity contribution in [1.29, 1.82) is 0 Å². The van der Waals surface area contributed by atoms with Gasteiger partial charge in [-0.2, -0.15) is 13.6 Å². The summed E-state index contributed by atoms with van der Waals surface area (Å²) in [6.07, 6.45) is 0.715. The summed E-state index contributed by atoms with van der Waals surface area (Å²) >= 11 is 0. The zero-order valence-corrected chi connectivity index (χ0v) is 13.5. The number of aliphatic carboxylic acids is 3. The van der Waals surface area contributed by atoms with Gasteiger partial charge in [-0.3, -0.25) is 18.9 Å². The summed E-state index contributed by atoms with van der Waals surface area (Å²) in [5, 5.41) is 36.1. The van der Waals surface area contributed by atoms with Crippen molar-refractivity contribution in [2.24, 2.45) is 5.92 Å². The van der Waals surface area contributed by atoms with Crippen LogP contribution in [0.2, 0.25) is 0 Å². The van der Waals surface area contributed by atoms with Crippen LogP contribution in [0.15, 0.2) is 0 Å². The molecule has 0 aliphatic rings. The van der Waals surface area contributed by atoms with Gasteiger partial charge < -0.3 is 15.3 Å². The third-order valence-corrected chi connectivity index (χ3v) is 1.19. The lowest BCUT2D eigenvalue weighted by Gasteiger charge is -1.94. The van der Waals surface area contributed by atoms with Crippen LogP contribution >= 0.6 is 0 Å². The van der Waals surface area contributed by atoms with Crippen LogP contribution in [0.3, 0.4) is 0 Å². The van der Waals surface area contributed by atoms with Crippen LogP contribution in [0.4, 0.5) is 0 Å². The van der Waals surface area contributed by atoms with Crippen LogP contribution in [-0.2, 0) is 24.5 Å². The zero-order valence-electron chi connectivity index (χ0n) is 12.7. The molecule has 1 aromatic rings. The van der Waals surface area contributed by atoms with Gasteiger partial charge >= 0.3 is 11.9 Å².